The van der Waals surface area contributed by atoms with E-state index in [1.807, 2.05) is 0 Å². The molecule has 0 aromatic carbocycles. The zero-order valence-corrected chi connectivity index (χ0v) is 8.61. The van der Waals surface area contributed by atoms with Crippen LogP contribution in [0.2, 0.25) is 0 Å². The van der Waals surface area contributed by atoms with Crippen LogP contribution < -0.4 is 0 Å². The molecule has 0 saturated carbocycles. The highest BCUT2D eigenvalue weighted by atomic mass is 32.2. The molecule has 2 aliphatic rings. The molecule has 0 N–H and O–H groups in total. The Morgan fingerprint density at radius 1 is 1.62 bits per heavy atom. The lowest BCUT2D eigenvalue weighted by molar-refractivity contribution is -0.118. The summed E-state index contributed by atoms with van der Waals surface area (Å²) < 4.78 is 1.77. The Hall–Kier alpha value is -0.490. The lowest BCUT2D eigenvalue weighted by atomic mass is 10.5. The maximum atomic E-state index is 11.7. The summed E-state index contributed by atoms with van der Waals surface area (Å²) in [6.45, 7) is 0.840. The SMILES string of the molecule is O=C(C1=NN=CCS1)N1CCCS1. The van der Waals surface area contributed by atoms with Crippen LogP contribution in [0.15, 0.2) is 10.2 Å². The van der Waals surface area contributed by atoms with Crippen LogP contribution in [0.3, 0.4) is 0 Å². The Labute approximate surface area is 85.0 Å². The average molecular weight is 215 g/mol. The minimum atomic E-state index is 0.0179. The normalized spacial score (nSPS) is 21.8. The number of hydrogen-bond acceptors (Lipinski definition) is 5. The van der Waals surface area contributed by atoms with E-state index < -0.39 is 0 Å². The van der Waals surface area contributed by atoms with Gasteiger partial charge in [0.15, 0.2) is 5.04 Å². The van der Waals surface area contributed by atoms with E-state index in [9.17, 15) is 4.79 Å². The molecule has 0 spiro atoms. The number of nitrogens with zero attached hydrogens (tertiary/aromatic N) is 3. The minimum absolute atomic E-state index is 0.0179. The lowest BCUT2D eigenvalue weighted by Gasteiger charge is -2.14. The topological polar surface area (TPSA) is 45.0 Å². The highest BCUT2D eigenvalue weighted by molar-refractivity contribution is 8.16. The lowest BCUT2D eigenvalue weighted by Crippen LogP contribution is -2.28. The molecule has 4 nitrogen and oxygen atoms in total. The molecule has 0 unspecified atom stereocenters. The molecule has 2 rings (SSSR count). The van der Waals surface area contributed by atoms with Gasteiger partial charge in [0, 0.05) is 24.3 Å². The van der Waals surface area contributed by atoms with Gasteiger partial charge in [-0.2, -0.15) is 5.10 Å². The minimum Gasteiger partial charge on any atom is -0.280 e. The first-order valence-electron chi connectivity index (χ1n) is 4.05. The second kappa shape index (κ2) is 4.15. The van der Waals surface area contributed by atoms with Gasteiger partial charge in [0.1, 0.15) is 0 Å². The summed E-state index contributed by atoms with van der Waals surface area (Å²) in [7, 11) is 0. The predicted molar refractivity (Wildman–Crippen MR) is 57.2 cm³/mol. The quantitative estimate of drug-likeness (QED) is 0.613. The van der Waals surface area contributed by atoms with Crippen LogP contribution >= 0.6 is 23.7 Å². The molecule has 70 valence electrons. The van der Waals surface area contributed by atoms with Crippen molar-refractivity contribution in [1.29, 1.82) is 0 Å². The second-order valence-corrected chi connectivity index (χ2v) is 4.72. The van der Waals surface area contributed by atoms with Crippen molar-refractivity contribution in [2.75, 3.05) is 18.1 Å². The molecular formula is C7H9N3OS2. The van der Waals surface area contributed by atoms with Crippen molar-refractivity contribution in [3.8, 4) is 0 Å². The van der Waals surface area contributed by atoms with E-state index in [-0.39, 0.29) is 5.91 Å². The molecule has 2 heterocycles. The van der Waals surface area contributed by atoms with E-state index in [0.717, 1.165) is 24.5 Å². The van der Waals surface area contributed by atoms with Crippen LogP contribution in [0.4, 0.5) is 0 Å². The summed E-state index contributed by atoms with van der Waals surface area (Å²) in [6, 6.07) is 0. The van der Waals surface area contributed by atoms with Crippen molar-refractivity contribution >= 4 is 40.9 Å². The summed E-state index contributed by atoms with van der Waals surface area (Å²) in [5.41, 5.74) is 0. The number of carbonyl (C=O) groups is 1. The third-order valence-electron chi connectivity index (χ3n) is 1.69. The molecule has 1 amide bonds. The van der Waals surface area contributed by atoms with Gasteiger partial charge in [0.25, 0.3) is 5.91 Å². The van der Waals surface area contributed by atoms with Crippen molar-refractivity contribution in [2.45, 2.75) is 6.42 Å². The molecule has 0 bridgehead atoms. The van der Waals surface area contributed by atoms with Gasteiger partial charge in [0.05, 0.1) is 0 Å². The molecule has 13 heavy (non-hydrogen) atoms. The Kier molecular flexibility index (Phi) is 2.90. The van der Waals surface area contributed by atoms with Gasteiger partial charge in [-0.3, -0.25) is 9.10 Å². The first kappa shape index (κ1) is 9.08. The van der Waals surface area contributed by atoms with Crippen molar-refractivity contribution in [1.82, 2.24) is 4.31 Å². The largest absolute Gasteiger partial charge is 0.290 e. The number of rotatable bonds is 1. The van der Waals surface area contributed by atoms with Gasteiger partial charge in [0.2, 0.25) is 0 Å². The van der Waals surface area contributed by atoms with Crippen LogP contribution in [-0.2, 0) is 4.79 Å². The van der Waals surface area contributed by atoms with Crippen LogP contribution in [0.1, 0.15) is 6.42 Å². The highest BCUT2D eigenvalue weighted by Gasteiger charge is 2.24. The van der Waals surface area contributed by atoms with Crippen molar-refractivity contribution < 1.29 is 4.79 Å². The molecular weight excluding hydrogens is 206 g/mol. The summed E-state index contributed by atoms with van der Waals surface area (Å²) >= 11 is 3.04. The fourth-order valence-electron chi connectivity index (χ4n) is 1.09. The van der Waals surface area contributed by atoms with Gasteiger partial charge >= 0.3 is 0 Å². The average Bonchev–Trinajstić information content (AvgIpc) is 2.71. The van der Waals surface area contributed by atoms with Crippen LogP contribution in [0, 0.1) is 0 Å². The van der Waals surface area contributed by atoms with Gasteiger partial charge < -0.3 is 0 Å². The molecule has 1 fully saturated rings. The number of thioether (sulfide) groups is 1. The first-order chi connectivity index (χ1) is 6.38. The molecule has 6 heteroatoms. The fourth-order valence-corrected chi connectivity index (χ4v) is 2.73. The van der Waals surface area contributed by atoms with E-state index in [0.29, 0.717) is 5.04 Å². The Morgan fingerprint density at radius 3 is 3.15 bits per heavy atom. The second-order valence-electron chi connectivity index (χ2n) is 2.61. The zero-order valence-electron chi connectivity index (χ0n) is 6.97. The molecule has 0 aliphatic carbocycles. The van der Waals surface area contributed by atoms with Gasteiger partial charge in [-0.1, -0.05) is 11.8 Å². The summed E-state index contributed by atoms with van der Waals surface area (Å²) in [5, 5.41) is 8.08. The Morgan fingerprint density at radius 2 is 2.54 bits per heavy atom. The number of amides is 1. The Balaban J connectivity index is 2.02. The Bertz CT molecular complexity index is 271. The van der Waals surface area contributed by atoms with E-state index in [1.165, 1.54) is 11.8 Å². The molecule has 2 aliphatic heterocycles. The van der Waals surface area contributed by atoms with E-state index >= 15 is 0 Å². The maximum Gasteiger partial charge on any atom is 0.290 e. The summed E-state index contributed by atoms with van der Waals surface area (Å²) in [5.74, 6) is 1.81. The fraction of sp³-hybridized carbons (Fsp3) is 0.571. The molecule has 0 radical (unpaired) electrons. The third kappa shape index (κ3) is 2.05. The molecule has 1 saturated heterocycles. The zero-order chi connectivity index (χ0) is 9.10. The third-order valence-corrected chi connectivity index (χ3v) is 3.66. The van der Waals surface area contributed by atoms with Crippen molar-refractivity contribution in [2.24, 2.45) is 10.2 Å². The monoisotopic (exact) mass is 215 g/mol. The molecule has 0 aromatic heterocycles. The molecule has 0 aromatic rings. The van der Waals surface area contributed by atoms with E-state index in [1.54, 1.807) is 22.5 Å². The molecule has 0 atom stereocenters. The van der Waals surface area contributed by atoms with E-state index in [2.05, 4.69) is 10.2 Å². The van der Waals surface area contributed by atoms with Gasteiger partial charge in [-0.25, -0.2) is 0 Å². The standard InChI is InChI=1S/C7H9N3OS2/c11-7(10-3-1-4-13-10)6-9-8-2-5-12-6/h2H,1,3-5H2. The smallest absolute Gasteiger partial charge is 0.280 e. The maximum absolute atomic E-state index is 11.7. The van der Waals surface area contributed by atoms with Crippen molar-refractivity contribution in [3.05, 3.63) is 0 Å². The van der Waals surface area contributed by atoms with Gasteiger partial charge in [-0.15, -0.1) is 5.10 Å². The number of hydrogen-bond donors (Lipinski definition) is 0. The predicted octanol–water partition coefficient (Wildman–Crippen LogP) is 0.998. The van der Waals surface area contributed by atoms with E-state index in [4.69, 9.17) is 0 Å². The van der Waals surface area contributed by atoms with Crippen LogP contribution in [-0.4, -0.2) is 39.5 Å². The van der Waals surface area contributed by atoms with Crippen LogP contribution in [0.25, 0.3) is 0 Å². The highest BCUT2D eigenvalue weighted by Crippen LogP contribution is 2.22. The van der Waals surface area contributed by atoms with Crippen molar-refractivity contribution in [3.63, 3.8) is 0 Å². The van der Waals surface area contributed by atoms with Gasteiger partial charge in [-0.05, 0) is 18.4 Å². The number of carbonyl (C=O) groups excluding carboxylic acids is 1. The summed E-state index contributed by atoms with van der Waals surface area (Å²) in [6.07, 6.45) is 2.79. The summed E-state index contributed by atoms with van der Waals surface area (Å²) in [4.78, 5) is 11.7. The van der Waals surface area contributed by atoms with Crippen LogP contribution in [0.5, 0.6) is 0 Å². The first-order valence-corrected chi connectivity index (χ1v) is 5.98.